The number of carbonyl (C=O) groups excluding carboxylic acids is 1. The van der Waals surface area contributed by atoms with Crippen molar-refractivity contribution in [2.75, 3.05) is 5.32 Å². The van der Waals surface area contributed by atoms with Gasteiger partial charge in [0.1, 0.15) is 0 Å². The third-order valence-corrected chi connectivity index (χ3v) is 4.61. The van der Waals surface area contributed by atoms with Crippen LogP contribution in [0.1, 0.15) is 42.1 Å². The molecule has 0 spiro atoms. The van der Waals surface area contributed by atoms with Gasteiger partial charge in [0, 0.05) is 11.3 Å². The van der Waals surface area contributed by atoms with Gasteiger partial charge < -0.3 is 5.32 Å². The molecule has 0 heterocycles. The highest BCUT2D eigenvalue weighted by molar-refractivity contribution is 6.09. The Kier molecular flexibility index (Phi) is 5.30. The number of benzene rings is 3. The van der Waals surface area contributed by atoms with Crippen molar-refractivity contribution >= 4 is 11.6 Å². The van der Waals surface area contributed by atoms with Crippen LogP contribution in [0.2, 0.25) is 0 Å². The van der Waals surface area contributed by atoms with Crippen molar-refractivity contribution in [2.45, 2.75) is 26.2 Å². The van der Waals surface area contributed by atoms with Crippen LogP contribution >= 0.6 is 0 Å². The van der Waals surface area contributed by atoms with Crippen molar-refractivity contribution in [2.24, 2.45) is 0 Å². The molecule has 1 atom stereocenters. The van der Waals surface area contributed by atoms with Gasteiger partial charge in [-0.05, 0) is 41.2 Å². The zero-order chi connectivity index (χ0) is 17.6. The fourth-order valence-electron chi connectivity index (χ4n) is 3.00. The maximum atomic E-state index is 13.0. The zero-order valence-corrected chi connectivity index (χ0v) is 14.7. The molecule has 1 unspecified atom stereocenters. The lowest BCUT2D eigenvalue weighted by molar-refractivity contribution is 0.102. The van der Waals surface area contributed by atoms with E-state index >= 15 is 0 Å². The van der Waals surface area contributed by atoms with Crippen LogP contribution in [-0.4, -0.2) is 5.91 Å². The Balaban J connectivity index is 1.94. The third kappa shape index (κ3) is 3.80. The minimum atomic E-state index is -0.0739. The molecule has 3 aromatic rings. The standard InChI is InChI=1S/C23H23NO/c1-3-17(2)19-13-9-10-16-22(19)24-23(25)21-15-8-7-14-20(21)18-11-5-4-6-12-18/h4-17H,3H2,1-2H3,(H,24,25). The molecule has 1 amide bonds. The Morgan fingerprint density at radius 2 is 1.52 bits per heavy atom. The van der Waals surface area contributed by atoms with Crippen LogP contribution in [0.4, 0.5) is 5.69 Å². The molecule has 0 bridgehead atoms. The summed E-state index contributed by atoms with van der Waals surface area (Å²) in [7, 11) is 0. The quantitative estimate of drug-likeness (QED) is 0.600. The smallest absolute Gasteiger partial charge is 0.256 e. The Morgan fingerprint density at radius 1 is 0.880 bits per heavy atom. The van der Waals surface area contributed by atoms with Crippen molar-refractivity contribution in [3.63, 3.8) is 0 Å². The van der Waals surface area contributed by atoms with Gasteiger partial charge in [-0.3, -0.25) is 4.79 Å². The van der Waals surface area contributed by atoms with Crippen molar-refractivity contribution in [3.05, 3.63) is 90.0 Å². The maximum absolute atomic E-state index is 13.0. The molecule has 1 N–H and O–H groups in total. The summed E-state index contributed by atoms with van der Waals surface area (Å²) >= 11 is 0. The summed E-state index contributed by atoms with van der Waals surface area (Å²) < 4.78 is 0. The Morgan fingerprint density at radius 3 is 2.28 bits per heavy atom. The highest BCUT2D eigenvalue weighted by Crippen LogP contribution is 2.28. The number of carbonyl (C=O) groups is 1. The van der Waals surface area contributed by atoms with E-state index in [1.807, 2.05) is 72.8 Å². The van der Waals surface area contributed by atoms with E-state index in [4.69, 9.17) is 0 Å². The van der Waals surface area contributed by atoms with Gasteiger partial charge in [-0.1, -0.05) is 80.6 Å². The summed E-state index contributed by atoms with van der Waals surface area (Å²) in [4.78, 5) is 13.0. The molecule has 126 valence electrons. The first-order chi connectivity index (χ1) is 12.2. The van der Waals surface area contributed by atoms with E-state index in [1.54, 1.807) is 0 Å². The lowest BCUT2D eigenvalue weighted by Crippen LogP contribution is -2.15. The number of nitrogens with one attached hydrogen (secondary N) is 1. The van der Waals surface area contributed by atoms with Crippen LogP contribution in [-0.2, 0) is 0 Å². The summed E-state index contributed by atoms with van der Waals surface area (Å²) in [5, 5.41) is 3.11. The second-order valence-electron chi connectivity index (χ2n) is 6.26. The highest BCUT2D eigenvalue weighted by Gasteiger charge is 2.15. The molecule has 3 aromatic carbocycles. The van der Waals surface area contributed by atoms with E-state index in [2.05, 4.69) is 25.2 Å². The topological polar surface area (TPSA) is 29.1 Å². The maximum Gasteiger partial charge on any atom is 0.256 e. The monoisotopic (exact) mass is 329 g/mol. The fraction of sp³-hybridized carbons (Fsp3) is 0.174. The van der Waals surface area contributed by atoms with Gasteiger partial charge in [-0.25, -0.2) is 0 Å². The lowest BCUT2D eigenvalue weighted by Gasteiger charge is -2.16. The van der Waals surface area contributed by atoms with E-state index in [-0.39, 0.29) is 5.91 Å². The molecule has 0 aromatic heterocycles. The van der Waals surface area contributed by atoms with Crippen molar-refractivity contribution in [1.82, 2.24) is 0 Å². The first-order valence-corrected chi connectivity index (χ1v) is 8.75. The molecule has 0 saturated carbocycles. The Labute approximate surface area is 149 Å². The van der Waals surface area contributed by atoms with E-state index in [0.717, 1.165) is 23.2 Å². The van der Waals surface area contributed by atoms with Crippen LogP contribution in [0.3, 0.4) is 0 Å². The zero-order valence-electron chi connectivity index (χ0n) is 14.7. The van der Waals surface area contributed by atoms with Gasteiger partial charge in [0.05, 0.1) is 0 Å². The lowest BCUT2D eigenvalue weighted by atomic mass is 9.96. The molecular formula is C23H23NO. The van der Waals surface area contributed by atoms with Crippen LogP contribution in [0.15, 0.2) is 78.9 Å². The molecule has 0 saturated heterocycles. The molecule has 3 rings (SSSR count). The summed E-state index contributed by atoms with van der Waals surface area (Å²) in [6.45, 7) is 4.34. The molecule has 0 fully saturated rings. The van der Waals surface area contributed by atoms with E-state index in [9.17, 15) is 4.79 Å². The van der Waals surface area contributed by atoms with Crippen molar-refractivity contribution in [1.29, 1.82) is 0 Å². The molecule has 0 aliphatic rings. The van der Waals surface area contributed by atoms with E-state index in [0.29, 0.717) is 11.5 Å². The first-order valence-electron chi connectivity index (χ1n) is 8.75. The molecule has 25 heavy (non-hydrogen) atoms. The van der Waals surface area contributed by atoms with E-state index in [1.165, 1.54) is 5.56 Å². The number of hydrogen-bond acceptors (Lipinski definition) is 1. The average molecular weight is 329 g/mol. The van der Waals surface area contributed by atoms with Gasteiger partial charge in [-0.15, -0.1) is 0 Å². The minimum Gasteiger partial charge on any atom is -0.322 e. The summed E-state index contributed by atoms with van der Waals surface area (Å²) in [5.41, 5.74) is 4.75. The average Bonchev–Trinajstić information content (AvgIpc) is 2.68. The number of para-hydroxylation sites is 1. The van der Waals surface area contributed by atoms with Crippen molar-refractivity contribution < 1.29 is 4.79 Å². The first kappa shape index (κ1) is 17.0. The molecule has 2 nitrogen and oxygen atoms in total. The van der Waals surface area contributed by atoms with Gasteiger partial charge in [0.15, 0.2) is 0 Å². The number of amides is 1. The molecule has 0 radical (unpaired) electrons. The second kappa shape index (κ2) is 7.80. The van der Waals surface area contributed by atoms with Crippen molar-refractivity contribution in [3.8, 4) is 11.1 Å². The van der Waals surface area contributed by atoms with Gasteiger partial charge >= 0.3 is 0 Å². The Bertz CT molecular complexity index is 855. The third-order valence-electron chi connectivity index (χ3n) is 4.61. The van der Waals surface area contributed by atoms with Crippen LogP contribution in [0.25, 0.3) is 11.1 Å². The van der Waals surface area contributed by atoms with Gasteiger partial charge in [0.25, 0.3) is 5.91 Å². The van der Waals surface area contributed by atoms with Crippen LogP contribution in [0, 0.1) is 0 Å². The second-order valence-corrected chi connectivity index (χ2v) is 6.26. The summed E-state index contributed by atoms with van der Waals surface area (Å²) in [6, 6.07) is 25.8. The fourth-order valence-corrected chi connectivity index (χ4v) is 3.00. The SMILES string of the molecule is CCC(C)c1ccccc1NC(=O)c1ccccc1-c1ccccc1. The summed E-state index contributed by atoms with van der Waals surface area (Å²) in [5.74, 6) is 0.330. The highest BCUT2D eigenvalue weighted by atomic mass is 16.1. The number of hydrogen-bond donors (Lipinski definition) is 1. The predicted octanol–water partition coefficient (Wildman–Crippen LogP) is 6.12. The minimum absolute atomic E-state index is 0.0739. The van der Waals surface area contributed by atoms with Gasteiger partial charge in [-0.2, -0.15) is 0 Å². The van der Waals surface area contributed by atoms with Crippen LogP contribution in [0.5, 0.6) is 0 Å². The summed E-state index contributed by atoms with van der Waals surface area (Å²) in [6.07, 6.45) is 1.04. The number of rotatable bonds is 5. The predicted molar refractivity (Wildman–Crippen MR) is 105 cm³/mol. The molecule has 0 aliphatic carbocycles. The normalized spacial score (nSPS) is 11.8. The number of anilines is 1. The molecule has 0 aliphatic heterocycles. The van der Waals surface area contributed by atoms with Crippen LogP contribution < -0.4 is 5.32 Å². The Hall–Kier alpha value is -2.87. The van der Waals surface area contributed by atoms with Gasteiger partial charge in [0.2, 0.25) is 0 Å². The molecule has 2 heteroatoms. The largest absolute Gasteiger partial charge is 0.322 e. The molecular weight excluding hydrogens is 306 g/mol. The van der Waals surface area contributed by atoms with E-state index < -0.39 is 0 Å².